The van der Waals surface area contributed by atoms with Crippen molar-refractivity contribution in [2.45, 2.75) is 19.3 Å². The molecule has 0 spiro atoms. The van der Waals surface area contributed by atoms with E-state index in [2.05, 4.69) is 0 Å². The smallest absolute Gasteiger partial charge is 0.317 e. The molecule has 0 fully saturated rings. The third kappa shape index (κ3) is 2.27. The number of furan rings is 1. The van der Waals surface area contributed by atoms with E-state index in [1.54, 1.807) is 25.3 Å². The van der Waals surface area contributed by atoms with Crippen LogP contribution in [-0.2, 0) is 14.3 Å². The Morgan fingerprint density at radius 3 is 3.00 bits per heavy atom. The largest absolute Gasteiger partial charge is 0.469 e. The topological polar surface area (TPSA) is 56.5 Å². The van der Waals surface area contributed by atoms with E-state index in [1.807, 2.05) is 24.3 Å². The Bertz CT molecular complexity index is 646. The standard InChI is InChI=1S/C17H16O4/c1-2-20-17(19)15-14(13-9-6-10-21-13)11-7-4-3-5-8-12(11)16(15)18/h3-7,9-10,14-15H,2,8H2,1H3/t14-,15+/m1/s1. The summed E-state index contributed by atoms with van der Waals surface area (Å²) in [6.45, 7) is 1.99. The number of carbonyl (C=O) groups is 2. The van der Waals surface area contributed by atoms with Crippen molar-refractivity contribution in [3.8, 4) is 0 Å². The molecule has 2 aliphatic rings. The molecule has 0 aliphatic heterocycles. The first kappa shape index (κ1) is 13.6. The highest BCUT2D eigenvalue weighted by atomic mass is 16.5. The SMILES string of the molecule is CCOC(=O)[C@@H]1C(=O)C2=C(C=CC=CC2)[C@@H]1c1ccco1. The first-order valence-corrected chi connectivity index (χ1v) is 7.04. The predicted molar refractivity (Wildman–Crippen MR) is 76.5 cm³/mol. The third-order valence-corrected chi connectivity index (χ3v) is 3.83. The van der Waals surface area contributed by atoms with Gasteiger partial charge in [0.05, 0.1) is 18.8 Å². The van der Waals surface area contributed by atoms with Crippen LogP contribution in [0.4, 0.5) is 0 Å². The lowest BCUT2D eigenvalue weighted by Crippen LogP contribution is -2.28. The summed E-state index contributed by atoms with van der Waals surface area (Å²) >= 11 is 0. The molecule has 0 saturated heterocycles. The number of hydrogen-bond donors (Lipinski definition) is 0. The van der Waals surface area contributed by atoms with Crippen LogP contribution < -0.4 is 0 Å². The van der Waals surface area contributed by atoms with Gasteiger partial charge in [-0.25, -0.2) is 0 Å². The van der Waals surface area contributed by atoms with Crippen LogP contribution in [0.25, 0.3) is 0 Å². The Hall–Kier alpha value is -2.36. The molecule has 21 heavy (non-hydrogen) atoms. The summed E-state index contributed by atoms with van der Waals surface area (Å²) < 4.78 is 10.6. The maximum Gasteiger partial charge on any atom is 0.317 e. The van der Waals surface area contributed by atoms with Crippen molar-refractivity contribution in [2.75, 3.05) is 6.61 Å². The van der Waals surface area contributed by atoms with Crippen molar-refractivity contribution in [3.05, 3.63) is 59.6 Å². The van der Waals surface area contributed by atoms with E-state index in [0.717, 1.165) is 5.57 Å². The van der Waals surface area contributed by atoms with Gasteiger partial charge in [-0.05, 0) is 31.1 Å². The van der Waals surface area contributed by atoms with Crippen molar-refractivity contribution in [2.24, 2.45) is 5.92 Å². The summed E-state index contributed by atoms with van der Waals surface area (Å²) in [6, 6.07) is 3.56. The van der Waals surface area contributed by atoms with Crippen molar-refractivity contribution < 1.29 is 18.7 Å². The zero-order valence-electron chi connectivity index (χ0n) is 11.7. The van der Waals surface area contributed by atoms with Crippen LogP contribution in [0.3, 0.4) is 0 Å². The summed E-state index contributed by atoms with van der Waals surface area (Å²) in [5, 5.41) is 0. The maximum atomic E-state index is 12.6. The quantitative estimate of drug-likeness (QED) is 0.632. The van der Waals surface area contributed by atoms with Gasteiger partial charge < -0.3 is 9.15 Å². The molecular weight excluding hydrogens is 268 g/mol. The second-order valence-corrected chi connectivity index (χ2v) is 5.01. The maximum absolute atomic E-state index is 12.6. The van der Waals surface area contributed by atoms with Gasteiger partial charge in [0.25, 0.3) is 0 Å². The summed E-state index contributed by atoms with van der Waals surface area (Å²) in [7, 11) is 0. The minimum Gasteiger partial charge on any atom is -0.469 e. The van der Waals surface area contributed by atoms with Crippen molar-refractivity contribution in [3.63, 3.8) is 0 Å². The minimum absolute atomic E-state index is 0.152. The second-order valence-electron chi connectivity index (χ2n) is 5.01. The molecule has 1 aromatic heterocycles. The zero-order chi connectivity index (χ0) is 14.8. The highest BCUT2D eigenvalue weighted by Gasteiger charge is 2.47. The van der Waals surface area contributed by atoms with Crippen molar-refractivity contribution >= 4 is 11.8 Å². The van der Waals surface area contributed by atoms with Crippen LogP contribution in [0.15, 0.2) is 58.3 Å². The van der Waals surface area contributed by atoms with E-state index in [9.17, 15) is 9.59 Å². The number of esters is 1. The van der Waals surface area contributed by atoms with Gasteiger partial charge in [-0.1, -0.05) is 24.3 Å². The lowest BCUT2D eigenvalue weighted by Gasteiger charge is -2.17. The van der Waals surface area contributed by atoms with Gasteiger partial charge >= 0.3 is 5.97 Å². The Morgan fingerprint density at radius 2 is 2.29 bits per heavy atom. The van der Waals surface area contributed by atoms with Crippen molar-refractivity contribution in [1.82, 2.24) is 0 Å². The van der Waals surface area contributed by atoms with Gasteiger partial charge in [0.2, 0.25) is 0 Å². The van der Waals surface area contributed by atoms with Crippen LogP contribution in [0, 0.1) is 5.92 Å². The molecule has 4 heteroatoms. The molecule has 0 bridgehead atoms. The summed E-state index contributed by atoms with van der Waals surface area (Å²) in [6.07, 6.45) is 9.70. The molecule has 0 N–H and O–H groups in total. The number of rotatable bonds is 3. The molecule has 2 aliphatic carbocycles. The molecule has 4 nitrogen and oxygen atoms in total. The normalized spacial score (nSPS) is 24.1. The third-order valence-electron chi connectivity index (χ3n) is 3.83. The van der Waals surface area contributed by atoms with Crippen LogP contribution in [0.1, 0.15) is 25.0 Å². The van der Waals surface area contributed by atoms with Crippen LogP contribution >= 0.6 is 0 Å². The fourth-order valence-electron chi connectivity index (χ4n) is 2.96. The first-order valence-electron chi connectivity index (χ1n) is 7.04. The molecular formula is C17H16O4. The van der Waals surface area contributed by atoms with Crippen LogP contribution in [-0.4, -0.2) is 18.4 Å². The van der Waals surface area contributed by atoms with E-state index in [4.69, 9.17) is 9.15 Å². The number of ketones is 1. The van der Waals surface area contributed by atoms with Crippen LogP contribution in [0.5, 0.6) is 0 Å². The molecule has 2 atom stereocenters. The Morgan fingerprint density at radius 1 is 1.43 bits per heavy atom. The van der Waals surface area contributed by atoms with E-state index >= 15 is 0 Å². The lowest BCUT2D eigenvalue weighted by molar-refractivity contribution is -0.150. The van der Waals surface area contributed by atoms with E-state index in [1.165, 1.54) is 0 Å². The Balaban J connectivity index is 2.06. The van der Waals surface area contributed by atoms with Gasteiger partial charge in [0.1, 0.15) is 11.7 Å². The van der Waals surface area contributed by atoms with E-state index < -0.39 is 17.8 Å². The van der Waals surface area contributed by atoms with Crippen LogP contribution in [0.2, 0.25) is 0 Å². The fraction of sp³-hybridized carbons (Fsp3) is 0.294. The Kier molecular flexibility index (Phi) is 3.60. The molecule has 0 radical (unpaired) electrons. The van der Waals surface area contributed by atoms with Gasteiger partial charge in [-0.15, -0.1) is 0 Å². The highest BCUT2D eigenvalue weighted by molar-refractivity contribution is 6.13. The monoisotopic (exact) mass is 284 g/mol. The molecule has 0 saturated carbocycles. The number of carbonyl (C=O) groups excluding carboxylic acids is 2. The summed E-state index contributed by atoms with van der Waals surface area (Å²) in [5.74, 6) is -1.23. The number of allylic oxidation sites excluding steroid dienone is 6. The molecule has 108 valence electrons. The summed E-state index contributed by atoms with van der Waals surface area (Å²) in [4.78, 5) is 24.9. The second kappa shape index (κ2) is 5.56. The molecule has 0 aromatic carbocycles. The predicted octanol–water partition coefficient (Wildman–Crippen LogP) is 2.94. The molecule has 1 aromatic rings. The molecule has 0 unspecified atom stereocenters. The van der Waals surface area contributed by atoms with E-state index in [-0.39, 0.29) is 12.4 Å². The van der Waals surface area contributed by atoms with Gasteiger partial charge in [-0.3, -0.25) is 9.59 Å². The van der Waals surface area contributed by atoms with Gasteiger partial charge in [0.15, 0.2) is 5.78 Å². The molecule has 3 rings (SSSR count). The summed E-state index contributed by atoms with van der Waals surface area (Å²) in [5.41, 5.74) is 1.54. The number of Topliss-reactive ketones (excluding diaryl/α,β-unsaturated/α-hetero) is 1. The number of ether oxygens (including phenoxy) is 1. The average Bonchev–Trinajstić information content (AvgIpc) is 2.99. The van der Waals surface area contributed by atoms with Crippen molar-refractivity contribution in [1.29, 1.82) is 0 Å². The van der Waals surface area contributed by atoms with E-state index in [0.29, 0.717) is 17.8 Å². The Labute approximate surface area is 122 Å². The average molecular weight is 284 g/mol. The minimum atomic E-state index is -0.836. The van der Waals surface area contributed by atoms with Gasteiger partial charge in [0, 0.05) is 5.57 Å². The highest BCUT2D eigenvalue weighted by Crippen LogP contribution is 2.45. The molecule has 1 heterocycles. The zero-order valence-corrected chi connectivity index (χ0v) is 11.7. The number of hydrogen-bond acceptors (Lipinski definition) is 4. The molecule has 0 amide bonds. The first-order chi connectivity index (χ1) is 10.2. The lowest BCUT2D eigenvalue weighted by atomic mass is 9.88. The fourth-order valence-corrected chi connectivity index (χ4v) is 2.96. The van der Waals surface area contributed by atoms with Gasteiger partial charge in [-0.2, -0.15) is 0 Å².